The standard InChI is InChI=1S/C10H14FN3/c11-9-8(7-12)3-4-13-10(9)14-5-1-2-6-14/h3-4H,1-2,5-7,12H2. The molecule has 2 heterocycles. The van der Waals surface area contributed by atoms with Crippen molar-refractivity contribution in [1.29, 1.82) is 0 Å². The zero-order valence-corrected chi connectivity index (χ0v) is 8.04. The maximum absolute atomic E-state index is 13.7. The van der Waals surface area contributed by atoms with Crippen LogP contribution in [0, 0.1) is 5.82 Å². The van der Waals surface area contributed by atoms with Crippen molar-refractivity contribution in [2.45, 2.75) is 19.4 Å². The van der Waals surface area contributed by atoms with Crippen LogP contribution in [0.4, 0.5) is 10.2 Å². The first kappa shape index (κ1) is 9.40. The third kappa shape index (κ3) is 1.57. The van der Waals surface area contributed by atoms with Crippen LogP contribution < -0.4 is 10.6 Å². The van der Waals surface area contributed by atoms with E-state index in [0.29, 0.717) is 11.4 Å². The highest BCUT2D eigenvalue weighted by Crippen LogP contribution is 2.22. The number of anilines is 1. The molecule has 3 nitrogen and oxygen atoms in total. The van der Waals surface area contributed by atoms with Gasteiger partial charge in [-0.25, -0.2) is 9.37 Å². The Bertz CT molecular complexity index is 321. The first-order chi connectivity index (χ1) is 6.83. The topological polar surface area (TPSA) is 42.1 Å². The van der Waals surface area contributed by atoms with E-state index in [1.165, 1.54) is 0 Å². The molecule has 1 fully saturated rings. The highest BCUT2D eigenvalue weighted by molar-refractivity contribution is 5.43. The Morgan fingerprint density at radius 2 is 2.14 bits per heavy atom. The van der Waals surface area contributed by atoms with E-state index in [0.717, 1.165) is 25.9 Å². The summed E-state index contributed by atoms with van der Waals surface area (Å²) in [5, 5.41) is 0. The van der Waals surface area contributed by atoms with Crippen molar-refractivity contribution < 1.29 is 4.39 Å². The third-order valence-electron chi connectivity index (χ3n) is 2.58. The highest BCUT2D eigenvalue weighted by atomic mass is 19.1. The largest absolute Gasteiger partial charge is 0.354 e. The van der Waals surface area contributed by atoms with E-state index in [1.807, 2.05) is 4.90 Å². The molecule has 76 valence electrons. The number of nitrogens with zero attached hydrogens (tertiary/aromatic N) is 2. The van der Waals surface area contributed by atoms with Crippen LogP contribution in [0.15, 0.2) is 12.3 Å². The second kappa shape index (κ2) is 3.92. The lowest BCUT2D eigenvalue weighted by atomic mass is 10.2. The van der Waals surface area contributed by atoms with Crippen LogP contribution in [-0.4, -0.2) is 18.1 Å². The first-order valence-corrected chi connectivity index (χ1v) is 4.91. The minimum absolute atomic E-state index is 0.231. The van der Waals surface area contributed by atoms with Crippen LogP contribution in [0.1, 0.15) is 18.4 Å². The van der Waals surface area contributed by atoms with Gasteiger partial charge in [0.05, 0.1) is 0 Å². The SMILES string of the molecule is NCc1ccnc(N2CCCC2)c1F. The van der Waals surface area contributed by atoms with Crippen molar-refractivity contribution in [2.75, 3.05) is 18.0 Å². The van der Waals surface area contributed by atoms with E-state index in [1.54, 1.807) is 12.3 Å². The average Bonchev–Trinajstić information content (AvgIpc) is 2.71. The molecule has 4 heteroatoms. The van der Waals surface area contributed by atoms with Gasteiger partial charge in [-0.15, -0.1) is 0 Å². The molecule has 1 aromatic heterocycles. The van der Waals surface area contributed by atoms with Crippen molar-refractivity contribution in [3.8, 4) is 0 Å². The molecular formula is C10H14FN3. The number of pyridine rings is 1. The lowest BCUT2D eigenvalue weighted by Crippen LogP contribution is -2.21. The molecule has 0 aromatic carbocycles. The Kier molecular flexibility index (Phi) is 2.63. The second-order valence-corrected chi connectivity index (χ2v) is 3.51. The summed E-state index contributed by atoms with van der Waals surface area (Å²) >= 11 is 0. The normalized spacial score (nSPS) is 16.3. The molecule has 0 radical (unpaired) electrons. The van der Waals surface area contributed by atoms with Crippen LogP contribution >= 0.6 is 0 Å². The number of rotatable bonds is 2. The molecule has 2 rings (SSSR count). The molecule has 1 aliphatic rings. The van der Waals surface area contributed by atoms with E-state index < -0.39 is 0 Å². The lowest BCUT2D eigenvalue weighted by Gasteiger charge is -2.17. The number of nitrogens with two attached hydrogens (primary N) is 1. The number of aromatic nitrogens is 1. The summed E-state index contributed by atoms with van der Waals surface area (Å²) in [6.07, 6.45) is 3.86. The minimum atomic E-state index is -0.253. The van der Waals surface area contributed by atoms with Gasteiger partial charge < -0.3 is 10.6 Å². The highest BCUT2D eigenvalue weighted by Gasteiger charge is 2.18. The van der Waals surface area contributed by atoms with E-state index in [4.69, 9.17) is 5.73 Å². The van der Waals surface area contributed by atoms with Gasteiger partial charge in [-0.2, -0.15) is 0 Å². The van der Waals surface area contributed by atoms with Gasteiger partial charge in [0, 0.05) is 31.4 Å². The van der Waals surface area contributed by atoms with Crippen molar-refractivity contribution in [3.05, 3.63) is 23.6 Å². The maximum Gasteiger partial charge on any atom is 0.170 e. The zero-order chi connectivity index (χ0) is 9.97. The van der Waals surface area contributed by atoms with Crippen molar-refractivity contribution in [1.82, 2.24) is 4.98 Å². The molecule has 0 aliphatic carbocycles. The molecule has 0 amide bonds. The van der Waals surface area contributed by atoms with Crippen LogP contribution in [0.2, 0.25) is 0 Å². The predicted octanol–water partition coefficient (Wildman–Crippen LogP) is 1.28. The molecule has 1 saturated heterocycles. The average molecular weight is 195 g/mol. The fourth-order valence-electron chi connectivity index (χ4n) is 1.78. The van der Waals surface area contributed by atoms with Gasteiger partial charge in [-0.3, -0.25) is 0 Å². The summed E-state index contributed by atoms with van der Waals surface area (Å²) in [6, 6.07) is 1.63. The van der Waals surface area contributed by atoms with E-state index >= 15 is 0 Å². The molecule has 0 unspecified atom stereocenters. The van der Waals surface area contributed by atoms with Gasteiger partial charge in [0.15, 0.2) is 11.6 Å². The monoisotopic (exact) mass is 195 g/mol. The van der Waals surface area contributed by atoms with E-state index in [2.05, 4.69) is 4.98 Å². The summed E-state index contributed by atoms with van der Waals surface area (Å²) in [5.74, 6) is 0.211. The Labute approximate surface area is 82.7 Å². The van der Waals surface area contributed by atoms with Gasteiger partial charge in [0.25, 0.3) is 0 Å². The van der Waals surface area contributed by atoms with Crippen LogP contribution in [-0.2, 0) is 6.54 Å². The summed E-state index contributed by atoms with van der Waals surface area (Å²) in [6.45, 7) is 2.03. The molecule has 2 N–H and O–H groups in total. The fraction of sp³-hybridized carbons (Fsp3) is 0.500. The van der Waals surface area contributed by atoms with Crippen LogP contribution in [0.3, 0.4) is 0 Å². The number of halogens is 1. The van der Waals surface area contributed by atoms with Gasteiger partial charge >= 0.3 is 0 Å². The molecular weight excluding hydrogens is 181 g/mol. The molecule has 0 spiro atoms. The van der Waals surface area contributed by atoms with Gasteiger partial charge in [0.1, 0.15) is 0 Å². The lowest BCUT2D eigenvalue weighted by molar-refractivity contribution is 0.599. The fourth-order valence-corrected chi connectivity index (χ4v) is 1.78. The van der Waals surface area contributed by atoms with Crippen LogP contribution in [0.5, 0.6) is 0 Å². The summed E-state index contributed by atoms with van der Waals surface area (Å²) in [5.41, 5.74) is 5.98. The minimum Gasteiger partial charge on any atom is -0.354 e. The molecule has 0 atom stereocenters. The summed E-state index contributed by atoms with van der Waals surface area (Å²) in [4.78, 5) is 6.04. The molecule has 1 aromatic rings. The Hall–Kier alpha value is -1.16. The Morgan fingerprint density at radius 1 is 1.43 bits per heavy atom. The third-order valence-corrected chi connectivity index (χ3v) is 2.58. The smallest absolute Gasteiger partial charge is 0.170 e. The first-order valence-electron chi connectivity index (χ1n) is 4.91. The Morgan fingerprint density at radius 3 is 2.79 bits per heavy atom. The second-order valence-electron chi connectivity index (χ2n) is 3.51. The van der Waals surface area contributed by atoms with Gasteiger partial charge in [0.2, 0.25) is 0 Å². The van der Waals surface area contributed by atoms with Gasteiger partial charge in [-0.1, -0.05) is 0 Å². The summed E-state index contributed by atoms with van der Waals surface area (Å²) in [7, 11) is 0. The summed E-state index contributed by atoms with van der Waals surface area (Å²) < 4.78 is 13.7. The quantitative estimate of drug-likeness (QED) is 0.773. The number of hydrogen-bond acceptors (Lipinski definition) is 3. The molecule has 14 heavy (non-hydrogen) atoms. The van der Waals surface area contributed by atoms with E-state index in [9.17, 15) is 4.39 Å². The van der Waals surface area contributed by atoms with Crippen molar-refractivity contribution >= 4 is 5.82 Å². The maximum atomic E-state index is 13.7. The molecule has 1 aliphatic heterocycles. The molecule has 0 saturated carbocycles. The Balaban J connectivity index is 2.32. The van der Waals surface area contributed by atoms with Crippen molar-refractivity contribution in [2.24, 2.45) is 5.73 Å². The van der Waals surface area contributed by atoms with Crippen molar-refractivity contribution in [3.63, 3.8) is 0 Å². The predicted molar refractivity (Wildman–Crippen MR) is 53.5 cm³/mol. The van der Waals surface area contributed by atoms with Crippen LogP contribution in [0.25, 0.3) is 0 Å². The molecule has 0 bridgehead atoms. The number of hydrogen-bond donors (Lipinski definition) is 1. The zero-order valence-electron chi connectivity index (χ0n) is 8.04. The van der Waals surface area contributed by atoms with E-state index in [-0.39, 0.29) is 12.4 Å². The van der Waals surface area contributed by atoms with Gasteiger partial charge in [-0.05, 0) is 18.9 Å².